The van der Waals surface area contributed by atoms with Crippen LogP contribution in [0.15, 0.2) is 48.5 Å². The maximum atomic E-state index is 12.3. The lowest BCUT2D eigenvalue weighted by molar-refractivity contribution is -0.116. The summed E-state index contributed by atoms with van der Waals surface area (Å²) in [5.41, 5.74) is 2.75. The van der Waals surface area contributed by atoms with Crippen molar-refractivity contribution < 1.29 is 9.53 Å². The van der Waals surface area contributed by atoms with E-state index in [2.05, 4.69) is 20.8 Å². The van der Waals surface area contributed by atoms with Crippen molar-refractivity contribution >= 4 is 11.6 Å². The molecule has 1 aliphatic rings. The minimum Gasteiger partial charge on any atom is -0.494 e. The molecule has 0 bridgehead atoms. The number of ether oxygens (including phenoxy) is 1. The number of carbonyl (C=O) groups is 1. The summed E-state index contributed by atoms with van der Waals surface area (Å²) in [7, 11) is 0. The summed E-state index contributed by atoms with van der Waals surface area (Å²) in [6.07, 6.45) is 3.28. The smallest absolute Gasteiger partial charge is 0.224 e. The molecular weight excluding hydrogens is 354 g/mol. The molecule has 2 aromatic carbocycles. The van der Waals surface area contributed by atoms with E-state index in [1.807, 2.05) is 60.1 Å². The number of rotatable bonds is 8. The van der Waals surface area contributed by atoms with Crippen LogP contribution in [0.2, 0.25) is 0 Å². The van der Waals surface area contributed by atoms with Gasteiger partial charge in [-0.05, 0) is 72.5 Å². The highest BCUT2D eigenvalue weighted by Crippen LogP contribution is 2.36. The number of tetrazole rings is 1. The molecule has 28 heavy (non-hydrogen) atoms. The average molecular weight is 377 g/mol. The molecule has 3 aromatic rings. The molecule has 7 heteroatoms. The highest BCUT2D eigenvalue weighted by molar-refractivity contribution is 5.91. The van der Waals surface area contributed by atoms with Crippen LogP contribution in [-0.2, 0) is 11.2 Å². The van der Waals surface area contributed by atoms with Crippen molar-refractivity contribution in [2.45, 2.75) is 38.6 Å². The molecule has 0 atom stereocenters. The zero-order valence-electron chi connectivity index (χ0n) is 15.8. The van der Waals surface area contributed by atoms with E-state index in [1.165, 1.54) is 0 Å². The van der Waals surface area contributed by atoms with E-state index < -0.39 is 0 Å². The number of hydrogen-bond donors (Lipinski definition) is 1. The first-order valence-electron chi connectivity index (χ1n) is 9.63. The first kappa shape index (κ1) is 18.2. The van der Waals surface area contributed by atoms with Gasteiger partial charge in [-0.2, -0.15) is 0 Å². The van der Waals surface area contributed by atoms with Gasteiger partial charge in [0.2, 0.25) is 5.91 Å². The number of carbonyl (C=O) groups excluding carboxylic acids is 1. The molecule has 1 aliphatic carbocycles. The van der Waals surface area contributed by atoms with Gasteiger partial charge in [0, 0.05) is 17.7 Å². The number of para-hydroxylation sites is 1. The number of aromatic nitrogens is 4. The monoisotopic (exact) mass is 377 g/mol. The van der Waals surface area contributed by atoms with Crippen LogP contribution in [0, 0.1) is 0 Å². The van der Waals surface area contributed by atoms with Crippen molar-refractivity contribution in [1.29, 1.82) is 0 Å². The highest BCUT2D eigenvalue weighted by atomic mass is 16.5. The fourth-order valence-corrected chi connectivity index (χ4v) is 3.13. The van der Waals surface area contributed by atoms with Gasteiger partial charge < -0.3 is 10.1 Å². The summed E-state index contributed by atoms with van der Waals surface area (Å²) in [5, 5.41) is 14.9. The van der Waals surface area contributed by atoms with Crippen LogP contribution >= 0.6 is 0 Å². The van der Waals surface area contributed by atoms with E-state index >= 15 is 0 Å². The molecule has 0 saturated heterocycles. The number of anilines is 1. The molecule has 144 valence electrons. The van der Waals surface area contributed by atoms with E-state index in [-0.39, 0.29) is 5.91 Å². The minimum atomic E-state index is -0.0261. The second-order valence-corrected chi connectivity index (χ2v) is 6.84. The second-order valence-electron chi connectivity index (χ2n) is 6.84. The number of hydrogen-bond acceptors (Lipinski definition) is 5. The third kappa shape index (κ3) is 4.19. The SMILES string of the molecule is CCOc1ccccc1CCC(=O)Nc1ccc(-c2nnnn2C2CC2)cc1. The van der Waals surface area contributed by atoms with E-state index in [0.717, 1.165) is 41.2 Å². The van der Waals surface area contributed by atoms with Crippen molar-refractivity contribution in [3.63, 3.8) is 0 Å². The number of benzene rings is 2. The van der Waals surface area contributed by atoms with E-state index in [0.29, 0.717) is 25.5 Å². The van der Waals surface area contributed by atoms with Gasteiger partial charge in [-0.3, -0.25) is 4.79 Å². The number of nitrogens with one attached hydrogen (secondary N) is 1. The normalized spacial score (nSPS) is 13.3. The fourth-order valence-electron chi connectivity index (χ4n) is 3.13. The standard InChI is InChI=1S/C21H23N5O2/c1-2-28-19-6-4-3-5-15(19)9-14-20(27)22-17-10-7-16(8-11-17)21-23-24-25-26(21)18-12-13-18/h3-8,10-11,18H,2,9,12-14H2,1H3,(H,22,27). The maximum absolute atomic E-state index is 12.3. The predicted octanol–water partition coefficient (Wildman–Crippen LogP) is 3.65. The molecule has 1 amide bonds. The molecule has 1 fully saturated rings. The topological polar surface area (TPSA) is 81.9 Å². The van der Waals surface area contributed by atoms with Gasteiger partial charge in [0.25, 0.3) is 0 Å². The van der Waals surface area contributed by atoms with Crippen LogP contribution in [0.3, 0.4) is 0 Å². The van der Waals surface area contributed by atoms with Crippen LogP contribution < -0.4 is 10.1 Å². The Morgan fingerprint density at radius 2 is 1.96 bits per heavy atom. The Balaban J connectivity index is 1.35. The molecule has 4 rings (SSSR count). The van der Waals surface area contributed by atoms with Crippen LogP contribution in [0.4, 0.5) is 5.69 Å². The summed E-state index contributed by atoms with van der Waals surface area (Å²) in [4.78, 5) is 12.3. The van der Waals surface area contributed by atoms with Crippen LogP contribution in [-0.4, -0.2) is 32.7 Å². The predicted molar refractivity (Wildman–Crippen MR) is 106 cm³/mol. The van der Waals surface area contributed by atoms with Crippen molar-refractivity contribution in [2.24, 2.45) is 0 Å². The van der Waals surface area contributed by atoms with Crippen molar-refractivity contribution in [1.82, 2.24) is 20.2 Å². The Bertz CT molecular complexity index is 947. The summed E-state index contributed by atoms with van der Waals surface area (Å²) >= 11 is 0. The zero-order valence-corrected chi connectivity index (χ0v) is 15.8. The van der Waals surface area contributed by atoms with Gasteiger partial charge in [0.05, 0.1) is 12.6 Å². The lowest BCUT2D eigenvalue weighted by Crippen LogP contribution is -2.12. The molecule has 0 aliphatic heterocycles. The third-order valence-corrected chi connectivity index (χ3v) is 4.71. The molecular formula is C21H23N5O2. The largest absolute Gasteiger partial charge is 0.494 e. The minimum absolute atomic E-state index is 0.0261. The lowest BCUT2D eigenvalue weighted by atomic mass is 10.1. The average Bonchev–Trinajstić information content (AvgIpc) is 3.45. The Morgan fingerprint density at radius 1 is 1.18 bits per heavy atom. The Hall–Kier alpha value is -3.22. The second kappa shape index (κ2) is 8.21. The molecule has 0 unspecified atom stereocenters. The first-order chi connectivity index (χ1) is 13.7. The Labute approximate surface area is 163 Å². The van der Waals surface area contributed by atoms with Gasteiger partial charge >= 0.3 is 0 Å². The van der Waals surface area contributed by atoms with Gasteiger partial charge in [0.1, 0.15) is 5.75 Å². The first-order valence-corrected chi connectivity index (χ1v) is 9.63. The van der Waals surface area contributed by atoms with Crippen molar-refractivity contribution in [3.05, 3.63) is 54.1 Å². The van der Waals surface area contributed by atoms with Crippen LogP contribution in [0.5, 0.6) is 5.75 Å². The van der Waals surface area contributed by atoms with Crippen LogP contribution in [0.25, 0.3) is 11.4 Å². The molecule has 0 radical (unpaired) electrons. The summed E-state index contributed by atoms with van der Waals surface area (Å²) in [5.74, 6) is 1.59. The zero-order chi connectivity index (χ0) is 19.3. The summed E-state index contributed by atoms with van der Waals surface area (Å²) < 4.78 is 7.50. The molecule has 1 heterocycles. The van der Waals surface area contributed by atoms with Crippen LogP contribution in [0.1, 0.15) is 37.8 Å². The van der Waals surface area contributed by atoms with Gasteiger partial charge in [-0.25, -0.2) is 4.68 Å². The Kier molecular flexibility index (Phi) is 5.32. The number of amides is 1. The molecule has 1 N–H and O–H groups in total. The fraction of sp³-hybridized carbons (Fsp3) is 0.333. The maximum Gasteiger partial charge on any atom is 0.224 e. The van der Waals surface area contributed by atoms with E-state index in [4.69, 9.17) is 4.74 Å². The lowest BCUT2D eigenvalue weighted by Gasteiger charge is -2.10. The summed E-state index contributed by atoms with van der Waals surface area (Å²) in [6.45, 7) is 2.57. The van der Waals surface area contributed by atoms with Gasteiger partial charge in [-0.15, -0.1) is 5.10 Å². The number of aryl methyl sites for hydroxylation is 1. The van der Waals surface area contributed by atoms with E-state index in [1.54, 1.807) is 0 Å². The molecule has 1 saturated carbocycles. The van der Waals surface area contributed by atoms with E-state index in [9.17, 15) is 4.79 Å². The Morgan fingerprint density at radius 3 is 2.71 bits per heavy atom. The summed E-state index contributed by atoms with van der Waals surface area (Å²) in [6, 6.07) is 15.9. The van der Waals surface area contributed by atoms with Crippen molar-refractivity contribution in [2.75, 3.05) is 11.9 Å². The van der Waals surface area contributed by atoms with Crippen molar-refractivity contribution in [3.8, 4) is 17.1 Å². The highest BCUT2D eigenvalue weighted by Gasteiger charge is 2.28. The molecule has 1 aromatic heterocycles. The third-order valence-electron chi connectivity index (χ3n) is 4.71. The molecule has 0 spiro atoms. The number of nitrogens with zero attached hydrogens (tertiary/aromatic N) is 4. The molecule has 7 nitrogen and oxygen atoms in total. The van der Waals surface area contributed by atoms with Gasteiger partial charge in [-0.1, -0.05) is 18.2 Å². The van der Waals surface area contributed by atoms with Gasteiger partial charge in [0.15, 0.2) is 5.82 Å². The quantitative estimate of drug-likeness (QED) is 0.648.